The number of hydrogen-bond acceptors (Lipinski definition) is 6. The number of morpholine rings is 1. The second-order valence-electron chi connectivity index (χ2n) is 5.17. The summed E-state index contributed by atoms with van der Waals surface area (Å²) in [5.74, 6) is 0.885. The molecule has 0 spiro atoms. The molecule has 1 aromatic heterocycles. The van der Waals surface area contributed by atoms with E-state index < -0.39 is 0 Å². The fourth-order valence-corrected chi connectivity index (χ4v) is 2.52. The maximum Gasteiger partial charge on any atom is 0.257 e. The fourth-order valence-electron chi connectivity index (χ4n) is 2.35. The monoisotopic (exact) mass is 348 g/mol. The van der Waals surface area contributed by atoms with Gasteiger partial charge in [0.25, 0.3) is 5.91 Å². The molecule has 1 saturated heterocycles. The molecule has 1 amide bonds. The third-order valence-electron chi connectivity index (χ3n) is 3.61. The number of anilines is 2. The van der Waals surface area contributed by atoms with Crippen molar-refractivity contribution in [2.75, 3.05) is 38.7 Å². The maximum atomic E-state index is 12.3. The molecule has 1 fully saturated rings. The third-order valence-corrected chi connectivity index (χ3v) is 3.84. The molecule has 8 heteroatoms. The molecule has 126 valence electrons. The summed E-state index contributed by atoms with van der Waals surface area (Å²) in [6, 6.07) is 5.20. The molecule has 0 saturated carbocycles. The van der Waals surface area contributed by atoms with Gasteiger partial charge in [0, 0.05) is 30.5 Å². The van der Waals surface area contributed by atoms with E-state index >= 15 is 0 Å². The normalized spacial score (nSPS) is 14.3. The van der Waals surface area contributed by atoms with Crippen molar-refractivity contribution in [2.24, 2.45) is 0 Å². The van der Waals surface area contributed by atoms with E-state index in [1.165, 1.54) is 12.4 Å². The number of halogens is 1. The predicted molar refractivity (Wildman–Crippen MR) is 90.0 cm³/mol. The summed E-state index contributed by atoms with van der Waals surface area (Å²) in [5, 5.41) is 3.60. The van der Waals surface area contributed by atoms with E-state index in [-0.39, 0.29) is 5.91 Å². The van der Waals surface area contributed by atoms with Crippen LogP contribution in [0.5, 0.6) is 5.75 Å². The van der Waals surface area contributed by atoms with E-state index in [1.54, 1.807) is 30.2 Å². The van der Waals surface area contributed by atoms with Gasteiger partial charge < -0.3 is 19.7 Å². The SMILES string of the molecule is COc1ccc(Cl)cc1Nc1ncc(C(=O)N2CCOCC2)cn1. The van der Waals surface area contributed by atoms with Crippen LogP contribution in [-0.2, 0) is 4.74 Å². The molecule has 24 heavy (non-hydrogen) atoms. The fraction of sp³-hybridized carbons (Fsp3) is 0.312. The Morgan fingerprint density at radius 2 is 2.00 bits per heavy atom. The lowest BCUT2D eigenvalue weighted by Crippen LogP contribution is -2.40. The molecule has 0 bridgehead atoms. The summed E-state index contributed by atoms with van der Waals surface area (Å²) in [5.41, 5.74) is 1.10. The first-order valence-electron chi connectivity index (χ1n) is 7.47. The Hall–Kier alpha value is -2.38. The van der Waals surface area contributed by atoms with Crippen molar-refractivity contribution in [3.8, 4) is 5.75 Å². The lowest BCUT2D eigenvalue weighted by molar-refractivity contribution is 0.0302. The molecule has 7 nitrogen and oxygen atoms in total. The number of methoxy groups -OCH3 is 1. The van der Waals surface area contributed by atoms with Crippen molar-refractivity contribution in [2.45, 2.75) is 0 Å². The quantitative estimate of drug-likeness (QED) is 0.914. The average molecular weight is 349 g/mol. The number of carbonyl (C=O) groups is 1. The molecule has 2 aromatic rings. The molecule has 1 aromatic carbocycles. The van der Waals surface area contributed by atoms with Gasteiger partial charge in [-0.1, -0.05) is 11.6 Å². The van der Waals surface area contributed by atoms with E-state index in [0.29, 0.717) is 54.3 Å². The summed E-state index contributed by atoms with van der Waals surface area (Å²) in [6.45, 7) is 2.28. The molecular formula is C16H17ClN4O3. The smallest absolute Gasteiger partial charge is 0.257 e. The van der Waals surface area contributed by atoms with Gasteiger partial charge in [-0.3, -0.25) is 4.79 Å². The molecule has 0 radical (unpaired) electrons. The minimum Gasteiger partial charge on any atom is -0.495 e. The Morgan fingerprint density at radius 1 is 1.29 bits per heavy atom. The van der Waals surface area contributed by atoms with Gasteiger partial charge in [-0.2, -0.15) is 0 Å². The van der Waals surface area contributed by atoms with Crippen LogP contribution in [0.2, 0.25) is 5.02 Å². The minimum atomic E-state index is -0.0924. The van der Waals surface area contributed by atoms with Gasteiger partial charge in [0.1, 0.15) is 5.75 Å². The maximum absolute atomic E-state index is 12.3. The van der Waals surface area contributed by atoms with Crippen molar-refractivity contribution >= 4 is 29.1 Å². The van der Waals surface area contributed by atoms with Crippen LogP contribution in [0, 0.1) is 0 Å². The average Bonchev–Trinajstić information content (AvgIpc) is 2.63. The molecule has 1 N–H and O–H groups in total. The van der Waals surface area contributed by atoms with Crippen LogP contribution >= 0.6 is 11.6 Å². The zero-order chi connectivity index (χ0) is 16.9. The number of benzene rings is 1. The minimum absolute atomic E-state index is 0.0924. The highest BCUT2D eigenvalue weighted by molar-refractivity contribution is 6.31. The number of aromatic nitrogens is 2. The highest BCUT2D eigenvalue weighted by Crippen LogP contribution is 2.29. The molecule has 0 atom stereocenters. The van der Waals surface area contributed by atoms with Crippen LogP contribution in [0.25, 0.3) is 0 Å². The number of nitrogens with one attached hydrogen (secondary N) is 1. The summed E-state index contributed by atoms with van der Waals surface area (Å²) >= 11 is 6.00. The number of rotatable bonds is 4. The largest absolute Gasteiger partial charge is 0.495 e. The van der Waals surface area contributed by atoms with Gasteiger partial charge in [0.15, 0.2) is 0 Å². The van der Waals surface area contributed by atoms with Crippen LogP contribution in [0.3, 0.4) is 0 Å². The zero-order valence-corrected chi connectivity index (χ0v) is 13.9. The lowest BCUT2D eigenvalue weighted by Gasteiger charge is -2.26. The Labute approximate surface area is 144 Å². The second kappa shape index (κ2) is 7.46. The number of ether oxygens (including phenoxy) is 2. The molecule has 2 heterocycles. The summed E-state index contributed by atoms with van der Waals surface area (Å²) in [4.78, 5) is 22.5. The van der Waals surface area contributed by atoms with E-state index in [4.69, 9.17) is 21.1 Å². The second-order valence-corrected chi connectivity index (χ2v) is 5.61. The van der Waals surface area contributed by atoms with Gasteiger partial charge in [-0.05, 0) is 18.2 Å². The standard InChI is InChI=1S/C16H17ClN4O3/c1-23-14-3-2-12(17)8-13(14)20-16-18-9-11(10-19-16)15(22)21-4-6-24-7-5-21/h2-3,8-10H,4-7H2,1H3,(H,18,19,20). The Morgan fingerprint density at radius 3 is 2.67 bits per heavy atom. The van der Waals surface area contributed by atoms with E-state index in [9.17, 15) is 4.79 Å². The van der Waals surface area contributed by atoms with Crippen molar-refractivity contribution < 1.29 is 14.3 Å². The lowest BCUT2D eigenvalue weighted by atomic mass is 10.2. The van der Waals surface area contributed by atoms with Crippen LogP contribution in [-0.4, -0.2) is 54.2 Å². The van der Waals surface area contributed by atoms with Crippen LogP contribution in [0.15, 0.2) is 30.6 Å². The molecule has 0 unspecified atom stereocenters. The van der Waals surface area contributed by atoms with Crippen molar-refractivity contribution in [1.29, 1.82) is 0 Å². The van der Waals surface area contributed by atoms with E-state index in [2.05, 4.69) is 15.3 Å². The summed E-state index contributed by atoms with van der Waals surface area (Å²) < 4.78 is 10.5. The third kappa shape index (κ3) is 3.74. The van der Waals surface area contributed by atoms with Crippen LogP contribution in [0.4, 0.5) is 11.6 Å². The topological polar surface area (TPSA) is 76.6 Å². The van der Waals surface area contributed by atoms with Crippen LogP contribution in [0.1, 0.15) is 10.4 Å². The van der Waals surface area contributed by atoms with Crippen molar-refractivity contribution in [3.05, 3.63) is 41.2 Å². The molecule has 1 aliphatic heterocycles. The predicted octanol–water partition coefficient (Wildman–Crippen LogP) is 2.35. The van der Waals surface area contributed by atoms with Gasteiger partial charge in [-0.15, -0.1) is 0 Å². The number of amides is 1. The Balaban J connectivity index is 1.73. The molecule has 3 rings (SSSR count). The van der Waals surface area contributed by atoms with Crippen molar-refractivity contribution in [3.63, 3.8) is 0 Å². The van der Waals surface area contributed by atoms with E-state index in [0.717, 1.165) is 0 Å². The Bertz CT molecular complexity index is 718. The first kappa shape index (κ1) is 16.5. The zero-order valence-electron chi connectivity index (χ0n) is 13.2. The first-order chi connectivity index (χ1) is 11.7. The summed E-state index contributed by atoms with van der Waals surface area (Å²) in [6.07, 6.45) is 3.01. The highest BCUT2D eigenvalue weighted by Gasteiger charge is 2.19. The Kier molecular flexibility index (Phi) is 5.12. The number of carbonyl (C=O) groups excluding carboxylic acids is 1. The van der Waals surface area contributed by atoms with E-state index in [1.807, 2.05) is 0 Å². The van der Waals surface area contributed by atoms with Crippen LogP contribution < -0.4 is 10.1 Å². The molecule has 1 aliphatic rings. The van der Waals surface area contributed by atoms with Gasteiger partial charge in [-0.25, -0.2) is 9.97 Å². The number of hydrogen-bond donors (Lipinski definition) is 1. The number of nitrogens with zero attached hydrogens (tertiary/aromatic N) is 3. The van der Waals surface area contributed by atoms with Crippen molar-refractivity contribution in [1.82, 2.24) is 14.9 Å². The summed E-state index contributed by atoms with van der Waals surface area (Å²) in [7, 11) is 1.57. The first-order valence-corrected chi connectivity index (χ1v) is 7.85. The van der Waals surface area contributed by atoms with Gasteiger partial charge in [0.2, 0.25) is 5.95 Å². The molecular weight excluding hydrogens is 332 g/mol. The highest BCUT2D eigenvalue weighted by atomic mass is 35.5. The van der Waals surface area contributed by atoms with Gasteiger partial charge in [0.05, 0.1) is 31.6 Å². The van der Waals surface area contributed by atoms with Gasteiger partial charge >= 0.3 is 0 Å². The molecule has 0 aliphatic carbocycles.